The van der Waals surface area contributed by atoms with E-state index in [1.807, 2.05) is 24.8 Å². The third-order valence-corrected chi connectivity index (χ3v) is 5.32. The quantitative estimate of drug-likeness (QED) is 0.764. The molecule has 3 heteroatoms. The summed E-state index contributed by atoms with van der Waals surface area (Å²) in [6, 6.07) is 6.27. The molecule has 90 valence electrons. The van der Waals surface area contributed by atoms with Gasteiger partial charge in [-0.3, -0.25) is 4.79 Å². The number of hydrogen-bond acceptors (Lipinski definition) is 3. The molecule has 1 aromatic carbocycles. The molecule has 1 saturated heterocycles. The van der Waals surface area contributed by atoms with Crippen LogP contribution in [0.3, 0.4) is 0 Å². The molecule has 17 heavy (non-hydrogen) atoms. The van der Waals surface area contributed by atoms with Gasteiger partial charge < -0.3 is 5.32 Å². The summed E-state index contributed by atoms with van der Waals surface area (Å²) in [5.74, 6) is 0.337. The van der Waals surface area contributed by atoms with Crippen molar-refractivity contribution in [3.8, 4) is 0 Å². The lowest BCUT2D eigenvalue weighted by atomic mass is 9.88. The maximum atomic E-state index is 12.3. The molecule has 0 unspecified atom stereocenters. The second-order valence-electron chi connectivity index (χ2n) is 5.13. The van der Waals surface area contributed by atoms with Crippen LogP contribution in [0, 0.1) is 6.92 Å². The number of carbonyl (C=O) groups is 1. The van der Waals surface area contributed by atoms with Gasteiger partial charge in [0.15, 0.2) is 5.78 Å². The molecule has 0 atom stereocenters. The van der Waals surface area contributed by atoms with E-state index in [9.17, 15) is 4.79 Å². The van der Waals surface area contributed by atoms with Gasteiger partial charge in [0.1, 0.15) is 0 Å². The highest BCUT2D eigenvalue weighted by Crippen LogP contribution is 2.48. The van der Waals surface area contributed by atoms with Crippen molar-refractivity contribution >= 4 is 17.5 Å². The van der Waals surface area contributed by atoms with Crippen LogP contribution in [0.25, 0.3) is 0 Å². The van der Waals surface area contributed by atoms with E-state index in [1.54, 1.807) is 0 Å². The zero-order valence-corrected chi connectivity index (χ0v) is 10.9. The second-order valence-corrected chi connectivity index (χ2v) is 6.64. The Morgan fingerprint density at radius 3 is 2.82 bits per heavy atom. The van der Waals surface area contributed by atoms with Crippen molar-refractivity contribution in [1.29, 1.82) is 0 Å². The number of rotatable bonds is 0. The number of aryl methyl sites for hydroxylation is 1. The summed E-state index contributed by atoms with van der Waals surface area (Å²) in [5.41, 5.74) is 2.12. The molecule has 2 heterocycles. The van der Waals surface area contributed by atoms with Crippen LogP contribution in [0.4, 0.5) is 0 Å². The summed E-state index contributed by atoms with van der Waals surface area (Å²) < 4.78 is 0.171. The van der Waals surface area contributed by atoms with Crippen LogP contribution < -0.4 is 5.32 Å². The Kier molecular flexibility index (Phi) is 2.75. The molecule has 2 aliphatic rings. The fourth-order valence-electron chi connectivity index (χ4n) is 2.77. The van der Waals surface area contributed by atoms with Gasteiger partial charge in [0, 0.05) is 21.6 Å². The lowest BCUT2D eigenvalue weighted by molar-refractivity contribution is 0.0955. The van der Waals surface area contributed by atoms with Crippen molar-refractivity contribution in [3.05, 3.63) is 29.3 Å². The topological polar surface area (TPSA) is 29.1 Å². The van der Waals surface area contributed by atoms with Crippen molar-refractivity contribution in [2.24, 2.45) is 0 Å². The summed E-state index contributed by atoms with van der Waals surface area (Å²) in [4.78, 5) is 13.5. The third kappa shape index (κ3) is 2.02. The van der Waals surface area contributed by atoms with Crippen LogP contribution in [0.5, 0.6) is 0 Å². The van der Waals surface area contributed by atoms with Crippen LogP contribution in [-0.2, 0) is 0 Å². The largest absolute Gasteiger partial charge is 0.317 e. The van der Waals surface area contributed by atoms with Crippen molar-refractivity contribution in [1.82, 2.24) is 5.32 Å². The number of thioether (sulfide) groups is 1. The molecule has 3 rings (SSSR count). The molecule has 1 N–H and O–H groups in total. The SMILES string of the molecule is Cc1ccc2c(c1)C(=O)CC1(CCNCC1)S2. The van der Waals surface area contributed by atoms with Crippen molar-refractivity contribution in [2.75, 3.05) is 13.1 Å². The molecule has 1 spiro atoms. The zero-order valence-electron chi connectivity index (χ0n) is 10.1. The Labute approximate surface area is 106 Å². The number of Topliss-reactive ketones (excluding diaryl/α,β-unsaturated/α-hetero) is 1. The molecular formula is C14H17NOS. The van der Waals surface area contributed by atoms with Crippen LogP contribution in [0.2, 0.25) is 0 Å². The van der Waals surface area contributed by atoms with Gasteiger partial charge in [0.05, 0.1) is 0 Å². The molecule has 0 bridgehead atoms. The van der Waals surface area contributed by atoms with Crippen molar-refractivity contribution in [2.45, 2.75) is 35.8 Å². The number of benzene rings is 1. The van der Waals surface area contributed by atoms with Crippen molar-refractivity contribution in [3.63, 3.8) is 0 Å². The minimum absolute atomic E-state index is 0.171. The first-order valence-corrected chi connectivity index (χ1v) is 7.04. The van der Waals surface area contributed by atoms with Gasteiger partial charge in [0.25, 0.3) is 0 Å². The molecule has 1 fully saturated rings. The van der Waals surface area contributed by atoms with E-state index < -0.39 is 0 Å². The summed E-state index contributed by atoms with van der Waals surface area (Å²) >= 11 is 1.93. The van der Waals surface area contributed by atoms with Crippen LogP contribution in [0.15, 0.2) is 23.1 Å². The lowest BCUT2D eigenvalue weighted by Crippen LogP contribution is -2.42. The van der Waals surface area contributed by atoms with Crippen LogP contribution in [0.1, 0.15) is 35.2 Å². The smallest absolute Gasteiger partial charge is 0.165 e. The average molecular weight is 247 g/mol. The Bertz CT molecular complexity index is 463. The van der Waals surface area contributed by atoms with E-state index in [2.05, 4.69) is 17.4 Å². The van der Waals surface area contributed by atoms with Gasteiger partial charge in [-0.25, -0.2) is 0 Å². The maximum absolute atomic E-state index is 12.3. The van der Waals surface area contributed by atoms with Gasteiger partial charge in [-0.1, -0.05) is 11.6 Å². The van der Waals surface area contributed by atoms with E-state index in [-0.39, 0.29) is 4.75 Å². The minimum Gasteiger partial charge on any atom is -0.317 e. The Morgan fingerprint density at radius 2 is 2.06 bits per heavy atom. The summed E-state index contributed by atoms with van der Waals surface area (Å²) in [6.45, 7) is 4.13. The summed E-state index contributed by atoms with van der Waals surface area (Å²) in [6.07, 6.45) is 2.93. The van der Waals surface area contributed by atoms with Crippen LogP contribution in [-0.4, -0.2) is 23.6 Å². The van der Waals surface area contributed by atoms with Gasteiger partial charge in [-0.05, 0) is 45.0 Å². The molecule has 0 radical (unpaired) electrons. The molecule has 0 saturated carbocycles. The standard InChI is InChI=1S/C14H17NOS/c1-10-2-3-13-11(8-10)12(16)9-14(17-13)4-6-15-7-5-14/h2-3,8,15H,4-7,9H2,1H3. The van der Waals surface area contributed by atoms with Crippen LogP contribution >= 0.6 is 11.8 Å². The average Bonchev–Trinajstić information content (AvgIpc) is 2.31. The molecule has 1 aromatic rings. The first-order valence-electron chi connectivity index (χ1n) is 6.22. The van der Waals surface area contributed by atoms with Gasteiger partial charge in [-0.2, -0.15) is 0 Å². The molecule has 2 nitrogen and oxygen atoms in total. The number of hydrogen-bond donors (Lipinski definition) is 1. The number of piperidine rings is 1. The number of carbonyl (C=O) groups excluding carboxylic acids is 1. The lowest BCUT2D eigenvalue weighted by Gasteiger charge is -2.39. The fraction of sp³-hybridized carbons (Fsp3) is 0.500. The highest BCUT2D eigenvalue weighted by molar-refractivity contribution is 8.01. The highest BCUT2D eigenvalue weighted by atomic mass is 32.2. The van der Waals surface area contributed by atoms with Gasteiger partial charge in [0.2, 0.25) is 0 Å². The third-order valence-electron chi connectivity index (χ3n) is 3.76. The minimum atomic E-state index is 0.171. The molecular weight excluding hydrogens is 230 g/mol. The second kappa shape index (κ2) is 4.14. The number of fused-ring (bicyclic) bond motifs is 1. The van der Waals surface area contributed by atoms with E-state index in [0.717, 1.165) is 37.9 Å². The Balaban J connectivity index is 1.97. The highest BCUT2D eigenvalue weighted by Gasteiger charge is 2.40. The predicted octanol–water partition coefficient (Wildman–Crippen LogP) is 2.80. The zero-order chi connectivity index (χ0) is 11.9. The maximum Gasteiger partial charge on any atom is 0.165 e. The summed E-state index contributed by atoms with van der Waals surface area (Å²) in [5, 5.41) is 3.38. The summed E-state index contributed by atoms with van der Waals surface area (Å²) in [7, 11) is 0. The Hall–Kier alpha value is -0.800. The van der Waals surface area contributed by atoms with E-state index >= 15 is 0 Å². The normalized spacial score (nSPS) is 22.5. The monoisotopic (exact) mass is 247 g/mol. The molecule has 0 amide bonds. The number of nitrogens with one attached hydrogen (secondary N) is 1. The molecule has 0 aliphatic carbocycles. The van der Waals surface area contributed by atoms with E-state index in [0.29, 0.717) is 5.78 Å². The first kappa shape index (κ1) is 11.3. The van der Waals surface area contributed by atoms with E-state index in [1.165, 1.54) is 10.5 Å². The first-order chi connectivity index (χ1) is 8.19. The van der Waals surface area contributed by atoms with Gasteiger partial charge in [-0.15, -0.1) is 11.8 Å². The molecule has 0 aromatic heterocycles. The Morgan fingerprint density at radius 1 is 1.29 bits per heavy atom. The number of ketones is 1. The van der Waals surface area contributed by atoms with Gasteiger partial charge >= 0.3 is 0 Å². The fourth-order valence-corrected chi connectivity index (χ4v) is 4.27. The molecule has 2 aliphatic heterocycles. The van der Waals surface area contributed by atoms with E-state index in [4.69, 9.17) is 0 Å². The van der Waals surface area contributed by atoms with Crippen molar-refractivity contribution < 1.29 is 4.79 Å². The predicted molar refractivity (Wildman–Crippen MR) is 70.8 cm³/mol.